The molecule has 1 aromatic carbocycles. The van der Waals surface area contributed by atoms with Crippen molar-refractivity contribution in [1.82, 2.24) is 14.6 Å². The van der Waals surface area contributed by atoms with Crippen LogP contribution in [0.5, 0.6) is 0 Å². The number of aromatic nitrogens is 3. The molecule has 4 aromatic rings. The van der Waals surface area contributed by atoms with E-state index in [1.807, 2.05) is 53.6 Å². The Balaban J connectivity index is 1.81. The summed E-state index contributed by atoms with van der Waals surface area (Å²) in [6.45, 7) is 0.403. The molecule has 6 heteroatoms. The third kappa shape index (κ3) is 2.10. The molecule has 0 amide bonds. The molecule has 0 radical (unpaired) electrons. The molecule has 1 N–H and O–H groups in total. The summed E-state index contributed by atoms with van der Waals surface area (Å²) in [6, 6.07) is 13.4. The van der Waals surface area contributed by atoms with Gasteiger partial charge in [-0.15, -0.1) is 0 Å². The third-order valence-corrected chi connectivity index (χ3v) is 3.52. The molecule has 22 heavy (non-hydrogen) atoms. The Labute approximate surface area is 126 Å². The van der Waals surface area contributed by atoms with E-state index >= 15 is 0 Å². The second kappa shape index (κ2) is 5.16. The highest BCUT2D eigenvalue weighted by atomic mass is 16.4. The number of furan rings is 1. The van der Waals surface area contributed by atoms with Gasteiger partial charge in [0.15, 0.2) is 5.65 Å². The zero-order valence-corrected chi connectivity index (χ0v) is 11.8. The summed E-state index contributed by atoms with van der Waals surface area (Å²) in [6.07, 6.45) is 3.54. The number of para-hydroxylation sites is 1. The number of nitrogens with zero attached hydrogens (tertiary/aromatic N) is 4. The zero-order valence-electron chi connectivity index (χ0n) is 11.8. The number of fused-ring (bicyclic) bond motifs is 2. The van der Waals surface area contributed by atoms with Gasteiger partial charge in [0.25, 0.3) is 0 Å². The maximum Gasteiger partial charge on any atom is 0.202 e. The average molecular weight is 294 g/mol. The molecule has 110 valence electrons. The number of aliphatic hydroxyl groups is 1. The van der Waals surface area contributed by atoms with Gasteiger partial charge in [0.1, 0.15) is 11.4 Å². The minimum atomic E-state index is 0.00314. The molecule has 3 heterocycles. The Morgan fingerprint density at radius 1 is 1.18 bits per heavy atom. The van der Waals surface area contributed by atoms with Gasteiger partial charge in [-0.05, 0) is 12.1 Å². The molecule has 0 spiro atoms. The van der Waals surface area contributed by atoms with Gasteiger partial charge in [-0.3, -0.25) is 4.90 Å². The van der Waals surface area contributed by atoms with E-state index in [9.17, 15) is 5.11 Å². The minimum absolute atomic E-state index is 0.00314. The SMILES string of the molecule is OCCN(c1ccn2nccc2n1)c1cc2ccccc2o1. The van der Waals surface area contributed by atoms with Gasteiger partial charge in [-0.25, -0.2) is 9.50 Å². The van der Waals surface area contributed by atoms with Gasteiger partial charge in [0.05, 0.1) is 19.3 Å². The second-order valence-electron chi connectivity index (χ2n) is 4.92. The first kappa shape index (κ1) is 12.8. The van der Waals surface area contributed by atoms with Crippen molar-refractivity contribution in [2.75, 3.05) is 18.1 Å². The zero-order chi connectivity index (χ0) is 14.9. The Hall–Kier alpha value is -2.86. The van der Waals surface area contributed by atoms with Gasteiger partial charge in [0.2, 0.25) is 5.88 Å². The number of hydrogen-bond donors (Lipinski definition) is 1. The van der Waals surface area contributed by atoms with Crippen molar-refractivity contribution in [3.8, 4) is 0 Å². The van der Waals surface area contributed by atoms with Crippen molar-refractivity contribution in [3.63, 3.8) is 0 Å². The summed E-state index contributed by atoms with van der Waals surface area (Å²) >= 11 is 0. The lowest BCUT2D eigenvalue weighted by molar-refractivity contribution is 0.303. The molecule has 0 aliphatic carbocycles. The lowest BCUT2D eigenvalue weighted by atomic mass is 10.2. The van der Waals surface area contributed by atoms with E-state index in [4.69, 9.17) is 4.42 Å². The van der Waals surface area contributed by atoms with E-state index in [-0.39, 0.29) is 6.61 Å². The molecule has 6 nitrogen and oxygen atoms in total. The van der Waals surface area contributed by atoms with Crippen molar-refractivity contribution in [2.45, 2.75) is 0 Å². The van der Waals surface area contributed by atoms with Crippen molar-refractivity contribution in [1.29, 1.82) is 0 Å². The topological polar surface area (TPSA) is 66.8 Å². The fraction of sp³-hybridized carbons (Fsp3) is 0.125. The molecule has 4 rings (SSSR count). The first-order chi connectivity index (χ1) is 10.8. The fourth-order valence-corrected chi connectivity index (χ4v) is 2.49. The quantitative estimate of drug-likeness (QED) is 0.626. The van der Waals surface area contributed by atoms with Crippen LogP contribution in [0.1, 0.15) is 0 Å². The molecule has 0 aliphatic heterocycles. The van der Waals surface area contributed by atoms with Crippen LogP contribution in [-0.4, -0.2) is 32.9 Å². The number of anilines is 2. The molecule has 0 fully saturated rings. The van der Waals surface area contributed by atoms with Gasteiger partial charge in [0, 0.05) is 23.7 Å². The van der Waals surface area contributed by atoms with Crippen molar-refractivity contribution in [2.24, 2.45) is 0 Å². The van der Waals surface area contributed by atoms with Crippen LogP contribution in [0.4, 0.5) is 11.7 Å². The van der Waals surface area contributed by atoms with Gasteiger partial charge in [-0.1, -0.05) is 18.2 Å². The molecule has 0 bridgehead atoms. The number of rotatable bonds is 4. The normalized spacial score (nSPS) is 11.3. The highest BCUT2D eigenvalue weighted by molar-refractivity contribution is 5.82. The summed E-state index contributed by atoms with van der Waals surface area (Å²) in [5, 5.41) is 14.5. The highest BCUT2D eigenvalue weighted by Gasteiger charge is 2.15. The molecular weight excluding hydrogens is 280 g/mol. The fourth-order valence-electron chi connectivity index (χ4n) is 2.49. The summed E-state index contributed by atoms with van der Waals surface area (Å²) in [7, 11) is 0. The predicted octanol–water partition coefficient (Wildman–Crippen LogP) is 2.61. The van der Waals surface area contributed by atoms with Gasteiger partial charge in [-0.2, -0.15) is 5.10 Å². The van der Waals surface area contributed by atoms with E-state index < -0.39 is 0 Å². The number of hydrogen-bond acceptors (Lipinski definition) is 5. The van der Waals surface area contributed by atoms with Crippen molar-refractivity contribution >= 4 is 28.3 Å². The first-order valence-electron chi connectivity index (χ1n) is 7.02. The van der Waals surface area contributed by atoms with E-state index in [1.54, 1.807) is 10.7 Å². The van der Waals surface area contributed by atoms with Crippen LogP contribution in [0.25, 0.3) is 16.6 Å². The summed E-state index contributed by atoms with van der Waals surface area (Å²) in [5.41, 5.74) is 1.56. The van der Waals surface area contributed by atoms with E-state index in [0.717, 1.165) is 16.6 Å². The Kier molecular flexibility index (Phi) is 3.01. The van der Waals surface area contributed by atoms with E-state index in [1.165, 1.54) is 0 Å². The molecular formula is C16H14N4O2. The van der Waals surface area contributed by atoms with Crippen molar-refractivity contribution < 1.29 is 9.52 Å². The maximum atomic E-state index is 9.38. The van der Waals surface area contributed by atoms with Gasteiger partial charge >= 0.3 is 0 Å². The van der Waals surface area contributed by atoms with Crippen LogP contribution in [-0.2, 0) is 0 Å². The second-order valence-corrected chi connectivity index (χ2v) is 4.92. The predicted molar refractivity (Wildman–Crippen MR) is 83.3 cm³/mol. The van der Waals surface area contributed by atoms with E-state index in [0.29, 0.717) is 18.2 Å². The third-order valence-electron chi connectivity index (χ3n) is 3.52. The maximum absolute atomic E-state index is 9.38. The monoisotopic (exact) mass is 294 g/mol. The Bertz CT molecular complexity index is 893. The standard InChI is InChI=1S/C16H14N4O2/c21-10-9-19(14-6-8-20-15(18-14)5-7-17-20)16-11-12-3-1-2-4-13(12)22-16/h1-8,11,21H,9-10H2. The molecule has 0 unspecified atom stereocenters. The summed E-state index contributed by atoms with van der Waals surface area (Å²) in [5.74, 6) is 1.37. The lowest BCUT2D eigenvalue weighted by Crippen LogP contribution is -2.21. The van der Waals surface area contributed by atoms with Crippen LogP contribution < -0.4 is 4.90 Å². The van der Waals surface area contributed by atoms with Crippen molar-refractivity contribution in [3.05, 3.63) is 54.9 Å². The Morgan fingerprint density at radius 2 is 2.09 bits per heavy atom. The smallest absolute Gasteiger partial charge is 0.202 e. The summed E-state index contributed by atoms with van der Waals surface area (Å²) < 4.78 is 7.58. The van der Waals surface area contributed by atoms with Gasteiger partial charge < -0.3 is 9.52 Å². The minimum Gasteiger partial charge on any atom is -0.440 e. The van der Waals surface area contributed by atoms with Crippen LogP contribution in [0, 0.1) is 0 Å². The van der Waals surface area contributed by atoms with Crippen LogP contribution >= 0.6 is 0 Å². The van der Waals surface area contributed by atoms with Crippen LogP contribution in [0.2, 0.25) is 0 Å². The molecule has 3 aromatic heterocycles. The van der Waals surface area contributed by atoms with E-state index in [2.05, 4.69) is 10.1 Å². The van der Waals surface area contributed by atoms with Crippen LogP contribution in [0.15, 0.2) is 59.3 Å². The van der Waals surface area contributed by atoms with Crippen LogP contribution in [0.3, 0.4) is 0 Å². The Morgan fingerprint density at radius 3 is 2.95 bits per heavy atom. The average Bonchev–Trinajstić information content (AvgIpc) is 3.17. The number of benzene rings is 1. The molecule has 0 saturated carbocycles. The first-order valence-corrected chi connectivity index (χ1v) is 7.02. The molecule has 0 saturated heterocycles. The summed E-state index contributed by atoms with van der Waals surface area (Å²) in [4.78, 5) is 6.41. The molecule has 0 aliphatic rings. The number of aliphatic hydroxyl groups excluding tert-OH is 1. The lowest BCUT2D eigenvalue weighted by Gasteiger charge is -2.19. The highest BCUT2D eigenvalue weighted by Crippen LogP contribution is 2.30. The molecule has 0 atom stereocenters. The largest absolute Gasteiger partial charge is 0.440 e.